The Bertz CT molecular complexity index is 389. The second kappa shape index (κ2) is 4.72. The molecule has 0 fully saturated rings. The van der Waals surface area contributed by atoms with E-state index < -0.39 is 0 Å². The van der Waals surface area contributed by atoms with Crippen LogP contribution in [-0.2, 0) is 6.42 Å². The fourth-order valence-corrected chi connectivity index (χ4v) is 2.44. The summed E-state index contributed by atoms with van der Waals surface area (Å²) >= 11 is 0. The SMILES string of the molecule is CC.Cc1c(C)c(C)c2c(c1C)CC(C)(C)O2. The highest BCUT2D eigenvalue weighted by Gasteiger charge is 2.33. The van der Waals surface area contributed by atoms with Gasteiger partial charge in [0.15, 0.2) is 0 Å². The second-order valence-corrected chi connectivity index (χ2v) is 5.35. The van der Waals surface area contributed by atoms with Crippen molar-refractivity contribution in [3.05, 3.63) is 27.8 Å². The topological polar surface area (TPSA) is 9.23 Å². The molecule has 0 saturated carbocycles. The van der Waals surface area contributed by atoms with E-state index in [1.54, 1.807) is 0 Å². The van der Waals surface area contributed by atoms with E-state index in [1.165, 1.54) is 27.8 Å². The standard InChI is InChI=1S/C14H20O.C2H6/c1-8-9(2)11(4)13-12(10(8)3)7-14(5,6)15-13;1-2/h7H2,1-6H3;1-2H3. The van der Waals surface area contributed by atoms with Gasteiger partial charge in [-0.2, -0.15) is 0 Å². The Labute approximate surface area is 106 Å². The number of benzene rings is 1. The number of fused-ring (bicyclic) bond motifs is 1. The minimum atomic E-state index is -0.0297. The lowest BCUT2D eigenvalue weighted by Crippen LogP contribution is -2.24. The van der Waals surface area contributed by atoms with E-state index in [-0.39, 0.29) is 5.60 Å². The van der Waals surface area contributed by atoms with Gasteiger partial charge in [-0.1, -0.05) is 13.8 Å². The Kier molecular flexibility index (Phi) is 3.91. The van der Waals surface area contributed by atoms with Crippen LogP contribution in [0.5, 0.6) is 5.75 Å². The fraction of sp³-hybridized carbons (Fsp3) is 0.625. The molecule has 2 rings (SSSR count). The summed E-state index contributed by atoms with van der Waals surface area (Å²) in [6.45, 7) is 17.1. The molecule has 1 heterocycles. The van der Waals surface area contributed by atoms with Crippen LogP contribution in [0.4, 0.5) is 0 Å². The van der Waals surface area contributed by atoms with Crippen LogP contribution in [0.1, 0.15) is 55.5 Å². The molecule has 17 heavy (non-hydrogen) atoms. The van der Waals surface area contributed by atoms with E-state index >= 15 is 0 Å². The summed E-state index contributed by atoms with van der Waals surface area (Å²) in [5.41, 5.74) is 6.92. The zero-order valence-electron chi connectivity index (χ0n) is 12.6. The number of ether oxygens (including phenoxy) is 1. The van der Waals surface area contributed by atoms with Crippen LogP contribution in [0.2, 0.25) is 0 Å². The van der Waals surface area contributed by atoms with Gasteiger partial charge in [0.2, 0.25) is 0 Å². The largest absolute Gasteiger partial charge is 0.487 e. The van der Waals surface area contributed by atoms with Crippen molar-refractivity contribution in [1.29, 1.82) is 0 Å². The first-order chi connectivity index (χ1) is 7.83. The Morgan fingerprint density at radius 3 is 1.82 bits per heavy atom. The fourth-order valence-electron chi connectivity index (χ4n) is 2.44. The van der Waals surface area contributed by atoms with Gasteiger partial charge in [0.25, 0.3) is 0 Å². The molecule has 0 atom stereocenters. The molecule has 1 heteroatoms. The summed E-state index contributed by atoms with van der Waals surface area (Å²) < 4.78 is 6.04. The number of rotatable bonds is 0. The second-order valence-electron chi connectivity index (χ2n) is 5.35. The van der Waals surface area contributed by atoms with E-state index in [0.717, 1.165) is 12.2 Å². The van der Waals surface area contributed by atoms with Crippen molar-refractivity contribution in [2.45, 2.75) is 67.4 Å². The van der Waals surface area contributed by atoms with Crippen molar-refractivity contribution in [2.75, 3.05) is 0 Å². The van der Waals surface area contributed by atoms with Gasteiger partial charge < -0.3 is 4.74 Å². The third-order valence-corrected chi connectivity index (χ3v) is 3.74. The van der Waals surface area contributed by atoms with Crippen molar-refractivity contribution < 1.29 is 4.74 Å². The predicted molar refractivity (Wildman–Crippen MR) is 75.1 cm³/mol. The molecule has 0 bridgehead atoms. The summed E-state index contributed by atoms with van der Waals surface area (Å²) in [6.07, 6.45) is 1.04. The molecule has 0 radical (unpaired) electrons. The number of hydrogen-bond acceptors (Lipinski definition) is 1. The van der Waals surface area contributed by atoms with Crippen LogP contribution < -0.4 is 4.74 Å². The lowest BCUT2D eigenvalue weighted by Gasteiger charge is -2.18. The Morgan fingerprint density at radius 1 is 0.824 bits per heavy atom. The molecule has 0 spiro atoms. The highest BCUT2D eigenvalue weighted by Crippen LogP contribution is 2.42. The van der Waals surface area contributed by atoms with E-state index in [2.05, 4.69) is 41.5 Å². The molecule has 0 N–H and O–H groups in total. The van der Waals surface area contributed by atoms with E-state index in [1.807, 2.05) is 13.8 Å². The minimum absolute atomic E-state index is 0.0297. The van der Waals surface area contributed by atoms with E-state index in [9.17, 15) is 0 Å². The Balaban J connectivity index is 0.000000686. The van der Waals surface area contributed by atoms with Gasteiger partial charge in [0.05, 0.1) is 0 Å². The highest BCUT2D eigenvalue weighted by molar-refractivity contribution is 5.56. The predicted octanol–water partition coefficient (Wildman–Crippen LogP) is 4.66. The number of hydrogen-bond donors (Lipinski definition) is 0. The van der Waals surface area contributed by atoms with Gasteiger partial charge >= 0.3 is 0 Å². The molecular formula is C16H26O. The zero-order chi connectivity index (χ0) is 13.4. The van der Waals surface area contributed by atoms with Gasteiger partial charge in [-0.15, -0.1) is 0 Å². The summed E-state index contributed by atoms with van der Waals surface area (Å²) in [6, 6.07) is 0. The molecule has 0 unspecified atom stereocenters. The molecule has 0 aliphatic carbocycles. The Morgan fingerprint density at radius 2 is 1.29 bits per heavy atom. The zero-order valence-corrected chi connectivity index (χ0v) is 12.6. The van der Waals surface area contributed by atoms with Gasteiger partial charge in [0, 0.05) is 12.0 Å². The van der Waals surface area contributed by atoms with Crippen molar-refractivity contribution in [3.8, 4) is 5.75 Å². The van der Waals surface area contributed by atoms with Crippen LogP contribution in [0, 0.1) is 27.7 Å². The quantitative estimate of drug-likeness (QED) is 0.634. The van der Waals surface area contributed by atoms with Crippen LogP contribution in [0.15, 0.2) is 0 Å². The van der Waals surface area contributed by atoms with Gasteiger partial charge in [-0.3, -0.25) is 0 Å². The van der Waals surface area contributed by atoms with Crippen molar-refractivity contribution >= 4 is 0 Å². The van der Waals surface area contributed by atoms with Gasteiger partial charge in [0.1, 0.15) is 11.4 Å². The maximum atomic E-state index is 6.04. The van der Waals surface area contributed by atoms with E-state index in [4.69, 9.17) is 4.74 Å². The average molecular weight is 234 g/mol. The van der Waals surface area contributed by atoms with Crippen molar-refractivity contribution in [3.63, 3.8) is 0 Å². The molecule has 0 saturated heterocycles. The van der Waals surface area contributed by atoms with Crippen molar-refractivity contribution in [1.82, 2.24) is 0 Å². The molecule has 1 aliphatic heterocycles. The maximum Gasteiger partial charge on any atom is 0.126 e. The molecule has 1 aromatic rings. The smallest absolute Gasteiger partial charge is 0.126 e. The molecule has 0 amide bonds. The third kappa shape index (κ3) is 2.34. The molecule has 1 nitrogen and oxygen atoms in total. The molecule has 96 valence electrons. The summed E-state index contributed by atoms with van der Waals surface area (Å²) in [5, 5.41) is 0. The van der Waals surface area contributed by atoms with Gasteiger partial charge in [-0.05, 0) is 63.8 Å². The summed E-state index contributed by atoms with van der Waals surface area (Å²) in [5.74, 6) is 1.14. The third-order valence-electron chi connectivity index (χ3n) is 3.74. The lowest BCUT2D eigenvalue weighted by atomic mass is 9.90. The minimum Gasteiger partial charge on any atom is -0.487 e. The first-order valence-corrected chi connectivity index (χ1v) is 6.62. The normalized spacial score (nSPS) is 15.8. The van der Waals surface area contributed by atoms with Crippen LogP contribution in [0.3, 0.4) is 0 Å². The van der Waals surface area contributed by atoms with Crippen LogP contribution in [0.25, 0.3) is 0 Å². The maximum absolute atomic E-state index is 6.04. The highest BCUT2D eigenvalue weighted by atomic mass is 16.5. The van der Waals surface area contributed by atoms with Gasteiger partial charge in [-0.25, -0.2) is 0 Å². The average Bonchev–Trinajstić information content (AvgIpc) is 2.63. The van der Waals surface area contributed by atoms with E-state index in [0.29, 0.717) is 0 Å². The molecule has 1 aromatic carbocycles. The first kappa shape index (κ1) is 14.1. The molecule has 0 aromatic heterocycles. The molecule has 1 aliphatic rings. The first-order valence-electron chi connectivity index (χ1n) is 6.62. The Hall–Kier alpha value is -0.980. The summed E-state index contributed by atoms with van der Waals surface area (Å²) in [4.78, 5) is 0. The summed E-state index contributed by atoms with van der Waals surface area (Å²) in [7, 11) is 0. The van der Waals surface area contributed by atoms with Crippen LogP contribution >= 0.6 is 0 Å². The molecular weight excluding hydrogens is 208 g/mol. The van der Waals surface area contributed by atoms with Crippen LogP contribution in [-0.4, -0.2) is 5.60 Å². The van der Waals surface area contributed by atoms with Crippen molar-refractivity contribution in [2.24, 2.45) is 0 Å². The monoisotopic (exact) mass is 234 g/mol. The lowest BCUT2D eigenvalue weighted by molar-refractivity contribution is 0.137.